The number of urea groups is 1. The first kappa shape index (κ1) is 36.3. The molecule has 3 fully saturated rings. The predicted octanol–water partition coefficient (Wildman–Crippen LogP) is -5.20. The number of rotatable bonds is 9. The van der Waals surface area contributed by atoms with Gasteiger partial charge in [-0.05, 0) is 49.2 Å². The Morgan fingerprint density at radius 2 is 1.69 bits per heavy atom. The number of carboxylic acids is 1. The summed E-state index contributed by atoms with van der Waals surface area (Å²) in [7, 11) is 0. The molecule has 7 amide bonds. The van der Waals surface area contributed by atoms with Crippen LogP contribution in [-0.2, 0) is 35.3 Å². The summed E-state index contributed by atoms with van der Waals surface area (Å²) in [6.45, 7) is 2.37. The quantitative estimate of drug-likeness (QED) is 0.0475. The number of benzene rings is 2. The van der Waals surface area contributed by atoms with Crippen molar-refractivity contribution >= 4 is 53.8 Å². The van der Waals surface area contributed by atoms with Gasteiger partial charge in [0.2, 0.25) is 12.3 Å². The number of fused-ring (bicyclic) bond motifs is 1. The third-order valence-electron chi connectivity index (χ3n) is 8.26. The van der Waals surface area contributed by atoms with Crippen LogP contribution in [0.2, 0.25) is 0 Å². The molecule has 2 aromatic carbocycles. The Bertz CT molecular complexity index is 1690. The van der Waals surface area contributed by atoms with Crippen LogP contribution < -0.4 is 50.6 Å². The molecule has 248 valence electrons. The SMILES string of the molecule is CC1(C)S[C@@H]2[C@H](NC=O)C(=O)N2[C@@]1(NC(=O)C(NC(=O)N1CCN(Cc2ccc(O)c(O)c2)C(=O)C1=O)c1ccc(O)cc1)C(=O)[O-].[Na+]. The number of nitrogens with one attached hydrogen (secondary N) is 3. The number of carbonyl (C=O) groups is 7. The van der Waals surface area contributed by atoms with E-state index < -0.39 is 69.2 Å². The van der Waals surface area contributed by atoms with Crippen LogP contribution in [0.5, 0.6) is 17.2 Å². The zero-order valence-electron chi connectivity index (χ0n) is 25.8. The Hall–Kier alpha value is -4.52. The molecule has 2 aromatic rings. The Balaban J connectivity index is 0.00000520. The number of aliphatic carboxylic acids is 1. The number of imide groups is 1. The van der Waals surface area contributed by atoms with Gasteiger partial charge in [0.05, 0.1) is 10.7 Å². The van der Waals surface area contributed by atoms with Gasteiger partial charge in [0.25, 0.3) is 5.91 Å². The molecule has 17 nitrogen and oxygen atoms in total. The van der Waals surface area contributed by atoms with Gasteiger partial charge in [-0.3, -0.25) is 33.8 Å². The van der Waals surface area contributed by atoms with Gasteiger partial charge in [-0.25, -0.2) is 4.79 Å². The topological polar surface area (TPSA) is 249 Å². The fourth-order valence-corrected chi connectivity index (χ4v) is 7.48. The van der Waals surface area contributed by atoms with Crippen molar-refractivity contribution in [1.82, 2.24) is 30.7 Å². The number of carbonyl (C=O) groups excluding carboxylic acids is 7. The molecule has 0 bridgehead atoms. The van der Waals surface area contributed by atoms with Gasteiger partial charge in [-0.2, -0.15) is 0 Å². The van der Waals surface area contributed by atoms with Crippen molar-refractivity contribution < 1.29 is 83.5 Å². The van der Waals surface area contributed by atoms with E-state index in [0.717, 1.165) is 21.6 Å². The summed E-state index contributed by atoms with van der Waals surface area (Å²) in [5.74, 6) is -7.05. The number of hydrogen-bond acceptors (Lipinski definition) is 12. The summed E-state index contributed by atoms with van der Waals surface area (Å²) in [5.41, 5.74) is -2.01. The van der Waals surface area contributed by atoms with Crippen molar-refractivity contribution in [3.05, 3.63) is 53.6 Å². The molecule has 0 aliphatic carbocycles. The standard InChI is InChI=1S/C29H30N6O11S.Na/c1-28(2)29(26(44)45,35-22(41)20(30-13-36)25(35)47-28)32-21(40)19(15-4-6-16(37)7-5-15)31-27(46)34-10-9-33(23(42)24(34)43)12-14-3-8-17(38)18(39)11-14;/h3-8,11,13,19-20,25,37-39H,9-10,12H2,1-2H3,(H,30,36)(H,31,46)(H,32,40)(H,44,45);/q;+1/p-1/t19?,20-,25-,29+;/m1./s1. The maximum Gasteiger partial charge on any atom is 1.00 e. The average Bonchev–Trinajstić information content (AvgIpc) is 3.23. The number of carboxylic acid groups (broad SMARTS) is 1. The van der Waals surface area contributed by atoms with E-state index in [1.807, 2.05) is 0 Å². The van der Waals surface area contributed by atoms with Crippen molar-refractivity contribution in [1.29, 1.82) is 0 Å². The van der Waals surface area contributed by atoms with Gasteiger partial charge in [0.15, 0.2) is 17.2 Å². The average molecular weight is 693 g/mol. The minimum atomic E-state index is -2.45. The summed E-state index contributed by atoms with van der Waals surface area (Å²) in [5, 5.41) is 48.0. The maximum absolute atomic E-state index is 13.9. The number of phenols is 3. The third-order valence-corrected chi connectivity index (χ3v) is 9.87. The Kier molecular flexibility index (Phi) is 10.2. The molecule has 3 aliphatic heterocycles. The van der Waals surface area contributed by atoms with Crippen molar-refractivity contribution in [2.45, 2.75) is 48.3 Å². The minimum absolute atomic E-state index is 0. The fraction of sp³-hybridized carbons (Fsp3) is 0.345. The van der Waals surface area contributed by atoms with E-state index >= 15 is 0 Å². The van der Waals surface area contributed by atoms with E-state index in [9.17, 15) is 54.0 Å². The first-order valence-electron chi connectivity index (χ1n) is 14.1. The summed E-state index contributed by atoms with van der Waals surface area (Å²) in [6, 6.07) is 4.86. The van der Waals surface area contributed by atoms with E-state index in [1.54, 1.807) is 0 Å². The molecule has 1 unspecified atom stereocenters. The molecule has 3 heterocycles. The molecule has 48 heavy (non-hydrogen) atoms. The van der Waals surface area contributed by atoms with Gasteiger partial charge in [0, 0.05) is 19.6 Å². The number of phenolic OH excluding ortho intramolecular Hbond substituents is 3. The molecule has 3 aliphatic rings. The van der Waals surface area contributed by atoms with E-state index in [2.05, 4.69) is 16.0 Å². The molecule has 0 spiro atoms. The van der Waals surface area contributed by atoms with E-state index in [-0.39, 0.29) is 66.3 Å². The van der Waals surface area contributed by atoms with E-state index in [4.69, 9.17) is 0 Å². The molecule has 0 aromatic heterocycles. The predicted molar refractivity (Wildman–Crippen MR) is 157 cm³/mol. The van der Waals surface area contributed by atoms with Crippen LogP contribution in [0.3, 0.4) is 0 Å². The largest absolute Gasteiger partial charge is 1.00 e. The fourth-order valence-electron chi connectivity index (χ4n) is 5.78. The van der Waals surface area contributed by atoms with Gasteiger partial charge in [-0.15, -0.1) is 11.8 Å². The third kappa shape index (κ3) is 6.11. The number of aromatic hydroxyl groups is 3. The Morgan fingerprint density at radius 1 is 1.02 bits per heavy atom. The summed E-state index contributed by atoms with van der Waals surface area (Å²) in [4.78, 5) is 92.6. The van der Waals surface area contributed by atoms with Gasteiger partial charge in [0.1, 0.15) is 23.2 Å². The monoisotopic (exact) mass is 692 g/mol. The number of piperazine rings is 1. The van der Waals surface area contributed by atoms with Crippen LogP contribution in [0.25, 0.3) is 0 Å². The van der Waals surface area contributed by atoms with E-state index in [1.165, 1.54) is 56.3 Å². The van der Waals surface area contributed by atoms with Crippen LogP contribution in [0.15, 0.2) is 42.5 Å². The molecule has 19 heteroatoms. The number of thioether (sulfide) groups is 1. The van der Waals surface area contributed by atoms with E-state index in [0.29, 0.717) is 16.9 Å². The van der Waals surface area contributed by atoms with Crippen LogP contribution in [0.4, 0.5) is 4.79 Å². The molecular formula is C29H29N6NaO11S. The zero-order chi connectivity index (χ0) is 34.4. The Labute approximate surface area is 298 Å². The van der Waals surface area contributed by atoms with Crippen molar-refractivity contribution in [3.63, 3.8) is 0 Å². The molecule has 0 saturated carbocycles. The molecular weight excluding hydrogens is 663 g/mol. The van der Waals surface area contributed by atoms with Crippen LogP contribution in [0, 0.1) is 0 Å². The summed E-state index contributed by atoms with van der Waals surface area (Å²) < 4.78 is -1.42. The van der Waals surface area contributed by atoms with Gasteiger partial charge < -0.3 is 46.1 Å². The minimum Gasteiger partial charge on any atom is -0.545 e. The second-order valence-corrected chi connectivity index (χ2v) is 13.2. The number of amides is 7. The zero-order valence-corrected chi connectivity index (χ0v) is 28.6. The first-order chi connectivity index (χ1) is 22.1. The molecule has 3 saturated heterocycles. The number of nitrogens with zero attached hydrogens (tertiary/aromatic N) is 3. The number of β-lactam (4-membered cyclic amide) rings is 1. The van der Waals surface area contributed by atoms with Crippen LogP contribution in [-0.4, -0.2) is 107 Å². The van der Waals surface area contributed by atoms with Crippen LogP contribution in [0.1, 0.15) is 31.0 Å². The summed E-state index contributed by atoms with van der Waals surface area (Å²) >= 11 is 1.00. The van der Waals surface area contributed by atoms with Gasteiger partial charge >= 0.3 is 47.4 Å². The summed E-state index contributed by atoms with van der Waals surface area (Å²) in [6.07, 6.45) is 0.297. The first-order valence-corrected chi connectivity index (χ1v) is 15.0. The molecule has 5 rings (SSSR count). The smallest absolute Gasteiger partial charge is 0.545 e. The second kappa shape index (κ2) is 13.5. The van der Waals surface area contributed by atoms with Crippen LogP contribution >= 0.6 is 11.8 Å². The second-order valence-electron chi connectivity index (χ2n) is 11.5. The number of hydrogen-bond donors (Lipinski definition) is 6. The van der Waals surface area contributed by atoms with Crippen molar-refractivity contribution in [2.75, 3.05) is 13.1 Å². The molecule has 6 N–H and O–H groups in total. The maximum atomic E-state index is 13.9. The van der Waals surface area contributed by atoms with Crippen molar-refractivity contribution in [2.24, 2.45) is 0 Å². The molecule has 4 atom stereocenters. The van der Waals surface area contributed by atoms with Crippen molar-refractivity contribution in [3.8, 4) is 17.2 Å². The molecule has 0 radical (unpaired) electrons. The normalized spacial score (nSPS) is 23.3. The Morgan fingerprint density at radius 3 is 2.29 bits per heavy atom. The van der Waals surface area contributed by atoms with Gasteiger partial charge in [-0.1, -0.05) is 18.2 Å².